The van der Waals surface area contributed by atoms with Crippen LogP contribution < -0.4 is 5.32 Å². The fourth-order valence-corrected chi connectivity index (χ4v) is 1.62. The highest BCUT2D eigenvalue weighted by Gasteiger charge is 2.04. The summed E-state index contributed by atoms with van der Waals surface area (Å²) >= 11 is 1.61. The summed E-state index contributed by atoms with van der Waals surface area (Å²) < 4.78 is 5.43. The molecule has 0 fully saturated rings. The van der Waals surface area contributed by atoms with Gasteiger partial charge in [0.25, 0.3) is 0 Å². The molecule has 14 heavy (non-hydrogen) atoms. The van der Waals surface area contributed by atoms with E-state index in [1.165, 1.54) is 0 Å². The molecule has 0 radical (unpaired) electrons. The first-order chi connectivity index (χ1) is 6.72. The topological polar surface area (TPSA) is 47.0 Å². The highest BCUT2D eigenvalue weighted by Crippen LogP contribution is 2.11. The van der Waals surface area contributed by atoms with Gasteiger partial charge in [0.05, 0.1) is 6.10 Å². The molecule has 4 nitrogen and oxygen atoms in total. The van der Waals surface area contributed by atoms with Crippen molar-refractivity contribution >= 4 is 11.3 Å². The maximum Gasteiger partial charge on any atom is 0.143 e. The van der Waals surface area contributed by atoms with Crippen LogP contribution in [0, 0.1) is 0 Å². The summed E-state index contributed by atoms with van der Waals surface area (Å²) in [5.41, 5.74) is 0. The SMILES string of the molecule is CCNCc1nnc(COC(C)C)s1. The molecule has 0 bridgehead atoms. The van der Waals surface area contributed by atoms with Crippen LogP contribution in [-0.2, 0) is 17.9 Å². The smallest absolute Gasteiger partial charge is 0.143 e. The van der Waals surface area contributed by atoms with E-state index in [4.69, 9.17) is 4.74 Å². The zero-order valence-corrected chi connectivity index (χ0v) is 9.73. The summed E-state index contributed by atoms with van der Waals surface area (Å²) in [7, 11) is 0. The summed E-state index contributed by atoms with van der Waals surface area (Å²) in [4.78, 5) is 0. The number of hydrogen-bond donors (Lipinski definition) is 1. The number of ether oxygens (including phenoxy) is 1. The maximum absolute atomic E-state index is 5.43. The Morgan fingerprint density at radius 1 is 1.36 bits per heavy atom. The average molecular weight is 215 g/mol. The van der Waals surface area contributed by atoms with Gasteiger partial charge >= 0.3 is 0 Å². The van der Waals surface area contributed by atoms with E-state index < -0.39 is 0 Å². The molecule has 1 aromatic rings. The second kappa shape index (κ2) is 6.06. The van der Waals surface area contributed by atoms with E-state index in [2.05, 4.69) is 22.4 Å². The van der Waals surface area contributed by atoms with Crippen molar-refractivity contribution in [2.45, 2.75) is 40.0 Å². The number of aromatic nitrogens is 2. The van der Waals surface area contributed by atoms with Crippen molar-refractivity contribution in [3.05, 3.63) is 10.0 Å². The third-order valence-corrected chi connectivity index (χ3v) is 2.47. The summed E-state index contributed by atoms with van der Waals surface area (Å²) in [6.07, 6.45) is 0.246. The van der Waals surface area contributed by atoms with E-state index in [0.717, 1.165) is 23.1 Å². The molecule has 0 atom stereocenters. The van der Waals surface area contributed by atoms with Crippen LogP contribution >= 0.6 is 11.3 Å². The molecule has 0 aliphatic rings. The van der Waals surface area contributed by atoms with Gasteiger partial charge in [0.2, 0.25) is 0 Å². The molecule has 1 rings (SSSR count). The second-order valence-corrected chi connectivity index (χ2v) is 4.38. The number of nitrogens with zero attached hydrogens (tertiary/aromatic N) is 2. The molecular weight excluding hydrogens is 198 g/mol. The van der Waals surface area contributed by atoms with Gasteiger partial charge in [-0.25, -0.2) is 0 Å². The largest absolute Gasteiger partial charge is 0.372 e. The van der Waals surface area contributed by atoms with Crippen LogP contribution in [0.5, 0.6) is 0 Å². The minimum absolute atomic E-state index is 0.246. The van der Waals surface area contributed by atoms with Gasteiger partial charge in [-0.2, -0.15) is 0 Å². The van der Waals surface area contributed by atoms with E-state index in [1.54, 1.807) is 11.3 Å². The first kappa shape index (κ1) is 11.6. The first-order valence-corrected chi connectivity index (χ1v) is 5.67. The van der Waals surface area contributed by atoms with Crippen molar-refractivity contribution in [2.75, 3.05) is 6.54 Å². The Morgan fingerprint density at radius 2 is 2.07 bits per heavy atom. The van der Waals surface area contributed by atoms with Crippen molar-refractivity contribution in [3.8, 4) is 0 Å². The molecule has 0 amide bonds. The van der Waals surface area contributed by atoms with Crippen LogP contribution in [-0.4, -0.2) is 22.8 Å². The normalized spacial score (nSPS) is 11.1. The van der Waals surface area contributed by atoms with E-state index in [-0.39, 0.29) is 6.10 Å². The molecular formula is C9H17N3OS. The molecule has 1 N–H and O–H groups in total. The van der Waals surface area contributed by atoms with E-state index in [1.807, 2.05) is 13.8 Å². The van der Waals surface area contributed by atoms with Gasteiger partial charge in [-0.15, -0.1) is 10.2 Å². The molecule has 0 aromatic carbocycles. The minimum atomic E-state index is 0.246. The molecule has 1 aromatic heterocycles. The molecule has 0 spiro atoms. The molecule has 0 unspecified atom stereocenters. The molecule has 0 aliphatic heterocycles. The predicted octanol–water partition coefficient (Wildman–Crippen LogP) is 1.57. The zero-order chi connectivity index (χ0) is 10.4. The summed E-state index contributed by atoms with van der Waals surface area (Å²) in [5, 5.41) is 13.3. The monoisotopic (exact) mass is 215 g/mol. The number of nitrogens with one attached hydrogen (secondary N) is 1. The van der Waals surface area contributed by atoms with Gasteiger partial charge in [-0.3, -0.25) is 0 Å². The zero-order valence-electron chi connectivity index (χ0n) is 8.91. The molecule has 0 saturated heterocycles. The Morgan fingerprint density at radius 3 is 2.71 bits per heavy atom. The van der Waals surface area contributed by atoms with Crippen molar-refractivity contribution < 1.29 is 4.74 Å². The highest BCUT2D eigenvalue weighted by molar-refractivity contribution is 7.11. The van der Waals surface area contributed by atoms with Crippen molar-refractivity contribution in [1.82, 2.24) is 15.5 Å². The van der Waals surface area contributed by atoms with Crippen molar-refractivity contribution in [2.24, 2.45) is 0 Å². The van der Waals surface area contributed by atoms with E-state index in [0.29, 0.717) is 6.61 Å². The first-order valence-electron chi connectivity index (χ1n) is 4.86. The second-order valence-electron chi connectivity index (χ2n) is 3.23. The van der Waals surface area contributed by atoms with Crippen LogP contribution in [0.2, 0.25) is 0 Å². The third-order valence-electron chi connectivity index (χ3n) is 1.58. The average Bonchev–Trinajstić information content (AvgIpc) is 2.59. The lowest BCUT2D eigenvalue weighted by molar-refractivity contribution is 0.0652. The van der Waals surface area contributed by atoms with Gasteiger partial charge in [0, 0.05) is 6.54 Å². The number of hydrogen-bond acceptors (Lipinski definition) is 5. The lowest BCUT2D eigenvalue weighted by atomic mass is 10.5. The van der Waals surface area contributed by atoms with Crippen LogP contribution in [0.1, 0.15) is 30.8 Å². The van der Waals surface area contributed by atoms with Crippen molar-refractivity contribution in [3.63, 3.8) is 0 Å². The molecule has 0 aliphatic carbocycles. The summed E-state index contributed by atoms with van der Waals surface area (Å²) in [6, 6.07) is 0. The Hall–Kier alpha value is -0.520. The quantitative estimate of drug-likeness (QED) is 0.782. The summed E-state index contributed by atoms with van der Waals surface area (Å²) in [6.45, 7) is 8.43. The fourth-order valence-electron chi connectivity index (χ4n) is 0.888. The highest BCUT2D eigenvalue weighted by atomic mass is 32.1. The Labute approximate surface area is 88.7 Å². The molecule has 80 valence electrons. The fraction of sp³-hybridized carbons (Fsp3) is 0.778. The minimum Gasteiger partial charge on any atom is -0.372 e. The maximum atomic E-state index is 5.43. The molecule has 1 heterocycles. The van der Waals surface area contributed by atoms with Gasteiger partial charge in [0.15, 0.2) is 0 Å². The van der Waals surface area contributed by atoms with E-state index in [9.17, 15) is 0 Å². The number of rotatable bonds is 6. The Balaban J connectivity index is 2.35. The molecule has 0 saturated carbocycles. The lowest BCUT2D eigenvalue weighted by Gasteiger charge is -2.03. The van der Waals surface area contributed by atoms with Crippen molar-refractivity contribution in [1.29, 1.82) is 0 Å². The molecule has 5 heteroatoms. The van der Waals surface area contributed by atoms with Crippen LogP contribution in [0.3, 0.4) is 0 Å². The third kappa shape index (κ3) is 4.13. The van der Waals surface area contributed by atoms with Crippen LogP contribution in [0.15, 0.2) is 0 Å². The Bertz CT molecular complexity index is 262. The van der Waals surface area contributed by atoms with Crippen LogP contribution in [0.25, 0.3) is 0 Å². The van der Waals surface area contributed by atoms with Gasteiger partial charge in [-0.05, 0) is 20.4 Å². The lowest BCUT2D eigenvalue weighted by Crippen LogP contribution is -2.11. The van der Waals surface area contributed by atoms with E-state index >= 15 is 0 Å². The summed E-state index contributed by atoms with van der Waals surface area (Å²) in [5.74, 6) is 0. The van der Waals surface area contributed by atoms with Gasteiger partial charge in [0.1, 0.15) is 16.6 Å². The Kier molecular flexibility index (Phi) is 5.00. The predicted molar refractivity (Wildman–Crippen MR) is 57.2 cm³/mol. The van der Waals surface area contributed by atoms with Crippen LogP contribution in [0.4, 0.5) is 0 Å². The standard InChI is InChI=1S/C9H17N3OS/c1-4-10-5-8-11-12-9(14-8)6-13-7(2)3/h7,10H,4-6H2,1-3H3. The van der Waals surface area contributed by atoms with Gasteiger partial charge in [-0.1, -0.05) is 18.3 Å². The van der Waals surface area contributed by atoms with Gasteiger partial charge < -0.3 is 10.1 Å².